The molecule has 96 valence electrons. The van der Waals surface area contributed by atoms with Crippen molar-refractivity contribution in [2.24, 2.45) is 0 Å². The van der Waals surface area contributed by atoms with Crippen LogP contribution in [-0.2, 0) is 16.1 Å². The first-order chi connectivity index (χ1) is 8.74. The van der Waals surface area contributed by atoms with Gasteiger partial charge in [-0.05, 0) is 5.56 Å². The number of carbonyl (C=O) groups excluding carboxylic acids is 1. The van der Waals surface area contributed by atoms with Crippen LogP contribution in [0.1, 0.15) is 18.4 Å². The smallest absolute Gasteiger partial charge is 0.224 e. The lowest BCUT2D eigenvalue weighted by Crippen LogP contribution is -2.28. The fraction of sp³-hybridized carbons (Fsp3) is 0.429. The van der Waals surface area contributed by atoms with Crippen molar-refractivity contribution in [1.29, 1.82) is 5.26 Å². The van der Waals surface area contributed by atoms with Gasteiger partial charge in [-0.3, -0.25) is 4.79 Å². The summed E-state index contributed by atoms with van der Waals surface area (Å²) in [5, 5.41) is 8.42. The zero-order chi connectivity index (χ0) is 13.2. The fourth-order valence-corrected chi connectivity index (χ4v) is 1.46. The van der Waals surface area contributed by atoms with E-state index in [1.807, 2.05) is 36.4 Å². The van der Waals surface area contributed by atoms with E-state index in [1.54, 1.807) is 11.9 Å². The number of nitriles is 1. The zero-order valence-electron chi connectivity index (χ0n) is 10.6. The number of ether oxygens (including phenoxy) is 1. The second-order valence-electron chi connectivity index (χ2n) is 4.01. The standard InChI is InChI=1S/C14H18N2O2/c1-16(10-5-9-15)14(17)8-11-18-12-13-6-3-2-4-7-13/h2-4,6-7H,5,8,10-12H2,1H3. The quantitative estimate of drug-likeness (QED) is 0.691. The molecule has 0 saturated carbocycles. The van der Waals surface area contributed by atoms with Crippen LogP contribution in [0, 0.1) is 11.3 Å². The van der Waals surface area contributed by atoms with Crippen molar-refractivity contribution in [3.63, 3.8) is 0 Å². The molecule has 1 aromatic carbocycles. The van der Waals surface area contributed by atoms with E-state index in [1.165, 1.54) is 0 Å². The maximum Gasteiger partial charge on any atom is 0.224 e. The topological polar surface area (TPSA) is 53.3 Å². The average molecular weight is 246 g/mol. The molecule has 4 nitrogen and oxygen atoms in total. The summed E-state index contributed by atoms with van der Waals surface area (Å²) in [6, 6.07) is 11.9. The van der Waals surface area contributed by atoms with Crippen molar-refractivity contribution in [3.8, 4) is 6.07 Å². The van der Waals surface area contributed by atoms with E-state index < -0.39 is 0 Å². The molecule has 0 N–H and O–H groups in total. The monoisotopic (exact) mass is 246 g/mol. The molecular formula is C14H18N2O2. The molecule has 0 saturated heterocycles. The predicted octanol–water partition coefficient (Wildman–Crippen LogP) is 1.97. The number of hydrogen-bond donors (Lipinski definition) is 0. The van der Waals surface area contributed by atoms with Gasteiger partial charge in [0.05, 0.1) is 32.1 Å². The summed E-state index contributed by atoms with van der Waals surface area (Å²) in [6.07, 6.45) is 0.724. The molecule has 0 aliphatic rings. The Labute approximate surface area is 108 Å². The van der Waals surface area contributed by atoms with Crippen LogP contribution >= 0.6 is 0 Å². The van der Waals surface area contributed by atoms with Crippen LogP contribution in [0.25, 0.3) is 0 Å². The van der Waals surface area contributed by atoms with Gasteiger partial charge in [0, 0.05) is 13.6 Å². The number of benzene rings is 1. The van der Waals surface area contributed by atoms with E-state index in [4.69, 9.17) is 10.00 Å². The second-order valence-corrected chi connectivity index (χ2v) is 4.01. The Balaban J connectivity index is 2.14. The Hall–Kier alpha value is -1.86. The summed E-state index contributed by atoms with van der Waals surface area (Å²) in [5.74, 6) is 0.0123. The lowest BCUT2D eigenvalue weighted by Gasteiger charge is -2.15. The highest BCUT2D eigenvalue weighted by Crippen LogP contribution is 2.01. The van der Waals surface area contributed by atoms with Gasteiger partial charge in [0.1, 0.15) is 0 Å². The van der Waals surface area contributed by atoms with Crippen LogP contribution in [0.2, 0.25) is 0 Å². The highest BCUT2D eigenvalue weighted by Gasteiger charge is 2.07. The van der Waals surface area contributed by atoms with Gasteiger partial charge >= 0.3 is 0 Å². The van der Waals surface area contributed by atoms with E-state index in [0.29, 0.717) is 32.6 Å². The highest BCUT2D eigenvalue weighted by molar-refractivity contribution is 5.75. The number of rotatable bonds is 7. The summed E-state index contributed by atoms with van der Waals surface area (Å²) >= 11 is 0. The van der Waals surface area contributed by atoms with Gasteiger partial charge in [0.25, 0.3) is 0 Å². The van der Waals surface area contributed by atoms with Crippen LogP contribution in [0.4, 0.5) is 0 Å². The molecule has 0 spiro atoms. The van der Waals surface area contributed by atoms with Crippen LogP contribution in [0.15, 0.2) is 30.3 Å². The maximum absolute atomic E-state index is 11.6. The van der Waals surface area contributed by atoms with Gasteiger partial charge < -0.3 is 9.64 Å². The van der Waals surface area contributed by atoms with E-state index in [9.17, 15) is 4.79 Å². The average Bonchev–Trinajstić information content (AvgIpc) is 2.41. The largest absolute Gasteiger partial charge is 0.376 e. The summed E-state index contributed by atoms with van der Waals surface area (Å²) < 4.78 is 5.43. The first kappa shape index (κ1) is 14.2. The van der Waals surface area contributed by atoms with Crippen LogP contribution in [-0.4, -0.2) is 31.0 Å². The van der Waals surface area contributed by atoms with Gasteiger partial charge in [0.15, 0.2) is 0 Å². The summed E-state index contributed by atoms with van der Waals surface area (Å²) in [6.45, 7) is 1.41. The summed E-state index contributed by atoms with van der Waals surface area (Å²) in [5.41, 5.74) is 1.10. The van der Waals surface area contributed by atoms with Gasteiger partial charge in [-0.2, -0.15) is 5.26 Å². The van der Waals surface area contributed by atoms with Crippen LogP contribution in [0.3, 0.4) is 0 Å². The Morgan fingerprint density at radius 3 is 2.78 bits per heavy atom. The first-order valence-electron chi connectivity index (χ1n) is 5.96. The van der Waals surface area contributed by atoms with Crippen molar-refractivity contribution in [2.75, 3.05) is 20.2 Å². The lowest BCUT2D eigenvalue weighted by molar-refractivity contribution is -0.131. The predicted molar refractivity (Wildman–Crippen MR) is 68.6 cm³/mol. The highest BCUT2D eigenvalue weighted by atomic mass is 16.5. The molecule has 0 fully saturated rings. The maximum atomic E-state index is 11.6. The molecular weight excluding hydrogens is 228 g/mol. The Morgan fingerprint density at radius 1 is 1.39 bits per heavy atom. The van der Waals surface area contributed by atoms with Gasteiger partial charge in [0.2, 0.25) is 5.91 Å². The molecule has 4 heteroatoms. The molecule has 0 aliphatic heterocycles. The van der Waals surface area contributed by atoms with Crippen molar-refractivity contribution in [2.45, 2.75) is 19.4 Å². The van der Waals surface area contributed by atoms with E-state index in [-0.39, 0.29) is 5.91 Å². The lowest BCUT2D eigenvalue weighted by atomic mass is 10.2. The Morgan fingerprint density at radius 2 is 2.11 bits per heavy atom. The Kier molecular flexibility index (Phi) is 6.52. The van der Waals surface area contributed by atoms with Crippen molar-refractivity contribution in [3.05, 3.63) is 35.9 Å². The summed E-state index contributed by atoms with van der Waals surface area (Å²) in [7, 11) is 1.71. The molecule has 1 rings (SSSR count). The van der Waals surface area contributed by atoms with E-state index in [0.717, 1.165) is 5.56 Å². The molecule has 0 heterocycles. The minimum Gasteiger partial charge on any atom is -0.376 e. The van der Waals surface area contributed by atoms with E-state index in [2.05, 4.69) is 0 Å². The molecule has 0 aliphatic carbocycles. The zero-order valence-corrected chi connectivity index (χ0v) is 10.6. The molecule has 18 heavy (non-hydrogen) atoms. The van der Waals surface area contributed by atoms with Crippen LogP contribution < -0.4 is 0 Å². The second kappa shape index (κ2) is 8.26. The first-order valence-corrected chi connectivity index (χ1v) is 5.96. The molecule has 0 atom stereocenters. The minimum absolute atomic E-state index is 0.0123. The number of amides is 1. The molecule has 1 aromatic rings. The van der Waals surface area contributed by atoms with E-state index >= 15 is 0 Å². The third kappa shape index (κ3) is 5.46. The van der Waals surface area contributed by atoms with Crippen molar-refractivity contribution >= 4 is 5.91 Å². The Bertz CT molecular complexity index is 398. The number of carbonyl (C=O) groups is 1. The van der Waals surface area contributed by atoms with Gasteiger partial charge in [-0.1, -0.05) is 30.3 Å². The third-order valence-corrected chi connectivity index (χ3v) is 2.56. The molecule has 0 bridgehead atoms. The molecule has 0 unspecified atom stereocenters. The minimum atomic E-state index is 0.0123. The summed E-state index contributed by atoms with van der Waals surface area (Å²) in [4.78, 5) is 13.2. The fourth-order valence-electron chi connectivity index (χ4n) is 1.46. The number of hydrogen-bond acceptors (Lipinski definition) is 3. The number of nitrogens with zero attached hydrogens (tertiary/aromatic N) is 2. The molecule has 0 aromatic heterocycles. The van der Waals surface area contributed by atoms with Crippen LogP contribution in [0.5, 0.6) is 0 Å². The van der Waals surface area contributed by atoms with Crippen molar-refractivity contribution in [1.82, 2.24) is 4.90 Å². The molecule has 0 radical (unpaired) electrons. The third-order valence-electron chi connectivity index (χ3n) is 2.56. The normalized spacial score (nSPS) is 9.78. The SMILES string of the molecule is CN(CCC#N)C(=O)CCOCc1ccccc1. The van der Waals surface area contributed by atoms with Gasteiger partial charge in [-0.25, -0.2) is 0 Å². The van der Waals surface area contributed by atoms with Gasteiger partial charge in [-0.15, -0.1) is 0 Å². The molecule has 1 amide bonds. The van der Waals surface area contributed by atoms with Crippen molar-refractivity contribution < 1.29 is 9.53 Å².